The Balaban J connectivity index is 1.47. The lowest BCUT2D eigenvalue weighted by Gasteiger charge is -2.50. The summed E-state index contributed by atoms with van der Waals surface area (Å²) < 4.78 is 11.0. The van der Waals surface area contributed by atoms with Gasteiger partial charge in [0.15, 0.2) is 11.5 Å². The molecule has 25 heavy (non-hydrogen) atoms. The summed E-state index contributed by atoms with van der Waals surface area (Å²) in [6.07, 6.45) is 6.93. The van der Waals surface area contributed by atoms with Crippen molar-refractivity contribution in [1.82, 2.24) is 10.1 Å². The first-order valence-electron chi connectivity index (χ1n) is 9.14. The van der Waals surface area contributed by atoms with E-state index in [-0.39, 0.29) is 5.75 Å². The number of aromatic hydroxyl groups is 1. The Labute approximate surface area is 147 Å². The summed E-state index contributed by atoms with van der Waals surface area (Å²) in [7, 11) is 0. The number of ether oxygens (including phenoxy) is 1. The molecule has 0 saturated heterocycles. The van der Waals surface area contributed by atoms with Gasteiger partial charge >= 0.3 is 0 Å². The van der Waals surface area contributed by atoms with E-state index in [0.29, 0.717) is 35.6 Å². The number of nitrogens with zero attached hydrogens (tertiary/aromatic N) is 2. The van der Waals surface area contributed by atoms with Gasteiger partial charge in [-0.2, -0.15) is 4.98 Å². The second kappa shape index (κ2) is 6.33. The Morgan fingerprint density at radius 3 is 2.76 bits per heavy atom. The monoisotopic (exact) mass is 343 g/mol. The van der Waals surface area contributed by atoms with Gasteiger partial charge in [0.05, 0.1) is 6.61 Å². The normalized spacial score (nSPS) is 28.7. The van der Waals surface area contributed by atoms with Crippen LogP contribution in [0.2, 0.25) is 0 Å². The highest BCUT2D eigenvalue weighted by Gasteiger charge is 2.45. The smallest absolute Gasteiger partial charge is 0.230 e. The maximum Gasteiger partial charge on any atom is 0.230 e. The van der Waals surface area contributed by atoms with Gasteiger partial charge in [-0.3, -0.25) is 0 Å². The predicted octanol–water partition coefficient (Wildman–Crippen LogP) is 3.61. The summed E-state index contributed by atoms with van der Waals surface area (Å²) in [5.41, 5.74) is 7.25. The van der Waals surface area contributed by atoms with Crippen LogP contribution in [0.3, 0.4) is 0 Å². The lowest BCUT2D eigenvalue weighted by atomic mass is 9.57. The fourth-order valence-electron chi connectivity index (χ4n) is 4.38. The highest BCUT2D eigenvalue weighted by atomic mass is 16.5. The van der Waals surface area contributed by atoms with Crippen LogP contribution in [0, 0.1) is 5.41 Å². The van der Waals surface area contributed by atoms with E-state index in [1.54, 1.807) is 18.2 Å². The van der Waals surface area contributed by atoms with Crippen molar-refractivity contribution in [2.24, 2.45) is 11.1 Å². The van der Waals surface area contributed by atoms with Gasteiger partial charge in [-0.25, -0.2) is 0 Å². The number of benzene rings is 1. The Kier molecular flexibility index (Phi) is 4.15. The van der Waals surface area contributed by atoms with Crippen LogP contribution >= 0.6 is 0 Å². The molecular weight excluding hydrogens is 318 g/mol. The molecule has 0 bridgehead atoms. The molecule has 0 aliphatic heterocycles. The first kappa shape index (κ1) is 16.4. The van der Waals surface area contributed by atoms with E-state index in [1.165, 1.54) is 25.7 Å². The van der Waals surface area contributed by atoms with Crippen molar-refractivity contribution in [2.45, 2.75) is 57.4 Å². The zero-order chi connectivity index (χ0) is 17.4. The average Bonchev–Trinajstić information content (AvgIpc) is 3.06. The number of phenols is 1. The number of phenolic OH excluding ortho intramolecular Hbond substituents is 1. The SMILES string of the molecule is CCOc1cc(-c2noc(C3CCC4(CC3)CC(N)C4)n2)ccc1O. The number of rotatable bonds is 4. The van der Waals surface area contributed by atoms with Gasteiger partial charge < -0.3 is 20.1 Å². The molecule has 6 nitrogen and oxygen atoms in total. The van der Waals surface area contributed by atoms with Crippen LogP contribution < -0.4 is 10.5 Å². The highest BCUT2D eigenvalue weighted by Crippen LogP contribution is 2.53. The molecule has 0 unspecified atom stereocenters. The number of hydrogen-bond acceptors (Lipinski definition) is 6. The molecule has 134 valence electrons. The quantitative estimate of drug-likeness (QED) is 0.881. The second-order valence-electron chi connectivity index (χ2n) is 7.51. The Bertz CT molecular complexity index is 742. The van der Waals surface area contributed by atoms with Crippen molar-refractivity contribution in [2.75, 3.05) is 6.61 Å². The van der Waals surface area contributed by atoms with Crippen molar-refractivity contribution in [1.29, 1.82) is 0 Å². The molecule has 0 radical (unpaired) electrons. The first-order valence-corrected chi connectivity index (χ1v) is 9.14. The zero-order valence-electron chi connectivity index (χ0n) is 14.6. The second-order valence-corrected chi connectivity index (χ2v) is 7.51. The molecule has 1 spiro atoms. The van der Waals surface area contributed by atoms with Gasteiger partial charge in [-0.05, 0) is 69.1 Å². The fraction of sp³-hybridized carbons (Fsp3) is 0.579. The lowest BCUT2D eigenvalue weighted by Crippen LogP contribution is -2.47. The lowest BCUT2D eigenvalue weighted by molar-refractivity contribution is 0.0443. The summed E-state index contributed by atoms with van der Waals surface area (Å²) >= 11 is 0. The molecule has 0 amide bonds. The molecule has 1 aromatic heterocycles. The summed E-state index contributed by atoms with van der Waals surface area (Å²) in [5, 5.41) is 14.0. The average molecular weight is 343 g/mol. The van der Waals surface area contributed by atoms with E-state index >= 15 is 0 Å². The molecule has 6 heteroatoms. The van der Waals surface area contributed by atoms with E-state index in [1.807, 2.05) is 6.92 Å². The van der Waals surface area contributed by atoms with E-state index < -0.39 is 0 Å². The van der Waals surface area contributed by atoms with Crippen molar-refractivity contribution in [3.63, 3.8) is 0 Å². The molecule has 2 aromatic rings. The Morgan fingerprint density at radius 1 is 1.32 bits per heavy atom. The molecule has 4 rings (SSSR count). The fourth-order valence-corrected chi connectivity index (χ4v) is 4.38. The maximum atomic E-state index is 9.82. The third kappa shape index (κ3) is 3.11. The van der Waals surface area contributed by atoms with E-state index in [0.717, 1.165) is 24.3 Å². The Hall–Kier alpha value is -2.08. The van der Waals surface area contributed by atoms with Crippen LogP contribution in [0.5, 0.6) is 11.5 Å². The van der Waals surface area contributed by atoms with Crippen LogP contribution in [0.1, 0.15) is 57.3 Å². The van der Waals surface area contributed by atoms with Gasteiger partial charge in [0.25, 0.3) is 0 Å². The minimum atomic E-state index is 0.116. The van der Waals surface area contributed by atoms with E-state index in [9.17, 15) is 5.11 Å². The van der Waals surface area contributed by atoms with Crippen LogP contribution in [0.4, 0.5) is 0 Å². The van der Waals surface area contributed by atoms with Crippen molar-refractivity contribution in [3.8, 4) is 22.9 Å². The molecule has 3 N–H and O–H groups in total. The molecule has 2 fully saturated rings. The number of aromatic nitrogens is 2. The van der Waals surface area contributed by atoms with Crippen LogP contribution in [0.25, 0.3) is 11.4 Å². The molecule has 0 atom stereocenters. The summed E-state index contributed by atoms with van der Waals surface area (Å²) in [6.45, 7) is 2.37. The zero-order valence-corrected chi connectivity index (χ0v) is 14.6. The minimum Gasteiger partial charge on any atom is -0.504 e. The van der Waals surface area contributed by atoms with Crippen LogP contribution in [-0.4, -0.2) is 27.9 Å². The van der Waals surface area contributed by atoms with Crippen LogP contribution in [0.15, 0.2) is 22.7 Å². The van der Waals surface area contributed by atoms with Gasteiger partial charge in [0.1, 0.15) is 0 Å². The summed E-state index contributed by atoms with van der Waals surface area (Å²) in [5.74, 6) is 2.16. The van der Waals surface area contributed by atoms with Gasteiger partial charge in [0.2, 0.25) is 11.7 Å². The number of hydrogen-bond donors (Lipinski definition) is 2. The van der Waals surface area contributed by atoms with E-state index in [2.05, 4.69) is 10.1 Å². The van der Waals surface area contributed by atoms with Crippen molar-refractivity contribution in [3.05, 3.63) is 24.1 Å². The molecule has 1 aromatic carbocycles. The highest BCUT2D eigenvalue weighted by molar-refractivity contribution is 5.60. The Morgan fingerprint density at radius 2 is 2.08 bits per heavy atom. The van der Waals surface area contributed by atoms with Gasteiger partial charge in [-0.1, -0.05) is 5.16 Å². The maximum absolute atomic E-state index is 9.82. The largest absolute Gasteiger partial charge is 0.504 e. The third-order valence-corrected chi connectivity index (χ3v) is 5.75. The van der Waals surface area contributed by atoms with E-state index in [4.69, 9.17) is 15.0 Å². The number of nitrogens with two attached hydrogens (primary N) is 1. The standard InChI is InChI=1S/C19H25N3O3/c1-2-24-16-9-13(3-4-15(16)23)17-21-18(25-22-17)12-5-7-19(8-6-12)10-14(20)11-19/h3-4,9,12,14,23H,2,5-8,10-11,20H2,1H3. The van der Waals surface area contributed by atoms with Crippen molar-refractivity contribution >= 4 is 0 Å². The van der Waals surface area contributed by atoms with Gasteiger partial charge in [0, 0.05) is 17.5 Å². The molecule has 1 heterocycles. The van der Waals surface area contributed by atoms with Crippen molar-refractivity contribution < 1.29 is 14.4 Å². The van der Waals surface area contributed by atoms with Gasteiger partial charge in [-0.15, -0.1) is 0 Å². The topological polar surface area (TPSA) is 94.4 Å². The van der Waals surface area contributed by atoms with Crippen LogP contribution in [-0.2, 0) is 0 Å². The predicted molar refractivity (Wildman–Crippen MR) is 93.4 cm³/mol. The molecule has 2 aliphatic carbocycles. The molecular formula is C19H25N3O3. The summed E-state index contributed by atoms with van der Waals surface area (Å²) in [4.78, 5) is 4.60. The minimum absolute atomic E-state index is 0.116. The first-order chi connectivity index (χ1) is 12.1. The summed E-state index contributed by atoms with van der Waals surface area (Å²) in [6, 6.07) is 5.53. The molecule has 2 aliphatic rings. The third-order valence-electron chi connectivity index (χ3n) is 5.75. The molecule has 2 saturated carbocycles.